The highest BCUT2D eigenvalue weighted by Crippen LogP contribution is 2.53. The molecule has 0 amide bonds. The van der Waals surface area contributed by atoms with Crippen molar-refractivity contribution in [3.05, 3.63) is 6.57 Å². The van der Waals surface area contributed by atoms with Crippen LogP contribution >= 0.6 is 0 Å². The van der Waals surface area contributed by atoms with Gasteiger partial charge >= 0.3 is 0 Å². The van der Waals surface area contributed by atoms with Gasteiger partial charge < -0.3 is 11.8 Å². The van der Waals surface area contributed by atoms with Gasteiger partial charge in [0.15, 0.2) is 0 Å². The second-order valence-corrected chi connectivity index (χ2v) is 4.88. The highest BCUT2D eigenvalue weighted by Gasteiger charge is 2.41. The van der Waals surface area contributed by atoms with Crippen molar-refractivity contribution in [3.8, 4) is 0 Å². The van der Waals surface area contributed by atoms with Gasteiger partial charge in [-0.1, -0.05) is 0 Å². The van der Waals surface area contributed by atoms with E-state index in [1.54, 1.807) is 38.5 Å². The molecule has 0 N–H and O–H groups in total. The zero-order chi connectivity index (χ0) is 8.55. The summed E-state index contributed by atoms with van der Waals surface area (Å²) < 4.78 is 0. The van der Waals surface area contributed by atoms with Crippen molar-refractivity contribution in [2.75, 3.05) is 0 Å². The van der Waals surface area contributed by atoms with E-state index in [9.17, 15) is 0 Å². The molecular weight excluding hydrogens is 146 g/mol. The van der Waals surface area contributed by atoms with Crippen LogP contribution in [0.25, 0.3) is 0 Å². The molecule has 0 spiro atoms. The fourth-order valence-corrected chi connectivity index (χ4v) is 3.98. The van der Waals surface area contributed by atoms with Gasteiger partial charge in [-0.25, -0.2) is 0 Å². The molecule has 66 valence electrons. The molecule has 0 aromatic rings. The van der Waals surface area contributed by atoms with Crippen molar-refractivity contribution >= 4 is 0 Å². The Labute approximate surface area is 74.8 Å². The highest BCUT2D eigenvalue weighted by molar-refractivity contribution is 4.92. The molecule has 12 heavy (non-hydrogen) atoms. The fourth-order valence-electron chi connectivity index (χ4n) is 3.98. The summed E-state index contributed by atoms with van der Waals surface area (Å²) in [5.41, 5.74) is 0. The molecule has 1 nitrogen and oxygen atoms in total. The Hall–Kier alpha value is -0.510. The van der Waals surface area contributed by atoms with Gasteiger partial charge in [0, 0.05) is 0 Å². The summed E-state index contributed by atoms with van der Waals surface area (Å²) in [4.78, 5) is 0. The monoisotopic (exact) mass is 162 g/mol. The van der Waals surface area contributed by atoms with E-state index in [1.165, 1.54) is 23.7 Å². The summed E-state index contributed by atoms with van der Waals surface area (Å²) in [6, 6.07) is 0. The number of rotatable bonds is 0. The number of nitrogens with zero attached hydrogens (tertiary/aromatic N) is 1. The van der Waals surface area contributed by atoms with Gasteiger partial charge in [-0.2, -0.15) is 0 Å². The van der Waals surface area contributed by atoms with Gasteiger partial charge in [0.05, 0.1) is 0 Å². The van der Waals surface area contributed by atoms with Crippen LogP contribution in [0.5, 0.6) is 0 Å². The van der Waals surface area contributed by atoms with Crippen molar-refractivity contribution in [1.29, 1.82) is 5.26 Å². The first-order valence-corrected chi connectivity index (χ1v) is 5.12. The molecular formula is C11H16N-. The lowest BCUT2D eigenvalue weighted by atomic mass is 9.56. The second-order valence-electron chi connectivity index (χ2n) is 4.88. The molecule has 4 saturated carbocycles. The third-order valence-electron chi connectivity index (χ3n) is 4.00. The summed E-state index contributed by atoms with van der Waals surface area (Å²) in [6.07, 6.45) is 9.62. The standard InChI is InChI=1S/C10H16.CN/c1-7-2-9-4-8(1)5-10(3-7)6-9;1-2/h7-10H,1-6H2;/q;-1. The Morgan fingerprint density at radius 1 is 0.583 bits per heavy atom. The zero-order valence-corrected chi connectivity index (χ0v) is 7.50. The molecule has 4 rings (SSSR count). The van der Waals surface area contributed by atoms with Crippen LogP contribution in [0, 0.1) is 35.5 Å². The van der Waals surface area contributed by atoms with Crippen LogP contribution in [0.4, 0.5) is 0 Å². The van der Waals surface area contributed by atoms with E-state index in [-0.39, 0.29) is 0 Å². The summed E-state index contributed by atoms with van der Waals surface area (Å²) in [7, 11) is 0. The average Bonchev–Trinajstić information content (AvgIpc) is 2.05. The van der Waals surface area contributed by atoms with E-state index in [4.69, 9.17) is 11.8 Å². The van der Waals surface area contributed by atoms with Crippen LogP contribution in [0.15, 0.2) is 0 Å². The van der Waals surface area contributed by atoms with Gasteiger partial charge in [0.25, 0.3) is 0 Å². The molecule has 0 aromatic carbocycles. The Morgan fingerprint density at radius 3 is 0.917 bits per heavy atom. The van der Waals surface area contributed by atoms with Gasteiger partial charge in [-0.15, -0.1) is 0 Å². The minimum Gasteiger partial charge on any atom is -0.512 e. The Kier molecular flexibility index (Phi) is 2.09. The summed E-state index contributed by atoms with van der Waals surface area (Å²) in [5, 5.41) is 6.25. The molecule has 1 heteroatoms. The van der Waals surface area contributed by atoms with Gasteiger partial charge in [0.1, 0.15) is 0 Å². The molecule has 4 aliphatic carbocycles. The fraction of sp³-hybridized carbons (Fsp3) is 0.909. The molecule has 4 bridgehead atoms. The number of hydrogen-bond acceptors (Lipinski definition) is 1. The smallest absolute Gasteiger partial charge is 0.0406 e. The van der Waals surface area contributed by atoms with Crippen LogP contribution in [-0.4, -0.2) is 0 Å². The second kappa shape index (κ2) is 3.09. The molecule has 0 radical (unpaired) electrons. The zero-order valence-electron chi connectivity index (χ0n) is 7.50. The first kappa shape index (κ1) is 8.10. The minimum absolute atomic E-state index is 1.18. The molecule has 0 atom stereocenters. The third kappa shape index (κ3) is 1.24. The van der Waals surface area contributed by atoms with E-state index < -0.39 is 0 Å². The molecule has 0 aromatic heterocycles. The molecule has 0 heterocycles. The van der Waals surface area contributed by atoms with Crippen LogP contribution in [0.1, 0.15) is 38.5 Å². The number of hydrogen-bond donors (Lipinski definition) is 0. The van der Waals surface area contributed by atoms with Gasteiger partial charge in [-0.05, 0) is 62.2 Å². The van der Waals surface area contributed by atoms with Crippen molar-refractivity contribution in [2.24, 2.45) is 23.7 Å². The van der Waals surface area contributed by atoms with E-state index in [1.807, 2.05) is 0 Å². The van der Waals surface area contributed by atoms with Gasteiger partial charge in [0.2, 0.25) is 0 Å². The lowest BCUT2D eigenvalue weighted by molar-refractivity contribution is 0.0198. The van der Waals surface area contributed by atoms with Crippen molar-refractivity contribution in [2.45, 2.75) is 38.5 Å². The maximum atomic E-state index is 6.25. The van der Waals surface area contributed by atoms with Crippen molar-refractivity contribution in [1.82, 2.24) is 0 Å². The van der Waals surface area contributed by atoms with E-state index in [0.29, 0.717) is 0 Å². The minimum atomic E-state index is 1.18. The maximum Gasteiger partial charge on any atom is -0.0406 e. The predicted octanol–water partition coefficient (Wildman–Crippen LogP) is 2.93. The predicted molar refractivity (Wildman–Crippen MR) is 46.6 cm³/mol. The van der Waals surface area contributed by atoms with Gasteiger partial charge in [-0.3, -0.25) is 0 Å². The lowest BCUT2D eigenvalue weighted by Gasteiger charge is -2.49. The quantitative estimate of drug-likeness (QED) is 0.502. The SMILES string of the molecule is C1C2CC3CC1CC(C2)C3.[C-]#N. The first-order chi connectivity index (χ1) is 5.90. The summed E-state index contributed by atoms with van der Waals surface area (Å²) in [6.45, 7) is 4.75. The molecule has 0 saturated heterocycles. The van der Waals surface area contributed by atoms with Crippen molar-refractivity contribution in [3.63, 3.8) is 0 Å². The molecule has 4 aliphatic rings. The third-order valence-corrected chi connectivity index (χ3v) is 4.00. The van der Waals surface area contributed by atoms with E-state index in [0.717, 1.165) is 0 Å². The van der Waals surface area contributed by atoms with E-state index in [2.05, 4.69) is 0 Å². The molecule has 4 fully saturated rings. The normalized spacial score (nSPS) is 48.2. The molecule has 0 aliphatic heterocycles. The first-order valence-electron chi connectivity index (χ1n) is 5.12. The Balaban J connectivity index is 0.000000264. The Bertz CT molecular complexity index is 126. The topological polar surface area (TPSA) is 23.8 Å². The van der Waals surface area contributed by atoms with E-state index >= 15 is 0 Å². The van der Waals surface area contributed by atoms with Crippen LogP contribution in [-0.2, 0) is 0 Å². The van der Waals surface area contributed by atoms with Crippen LogP contribution in [0.2, 0.25) is 0 Å². The summed E-state index contributed by atoms with van der Waals surface area (Å²) in [5.74, 6) is 4.71. The van der Waals surface area contributed by atoms with Crippen LogP contribution in [0.3, 0.4) is 0 Å². The largest absolute Gasteiger partial charge is 0.512 e. The summed E-state index contributed by atoms with van der Waals surface area (Å²) >= 11 is 0. The van der Waals surface area contributed by atoms with Crippen molar-refractivity contribution < 1.29 is 0 Å². The lowest BCUT2D eigenvalue weighted by Crippen LogP contribution is -2.38. The average molecular weight is 162 g/mol. The Morgan fingerprint density at radius 2 is 0.750 bits per heavy atom. The maximum absolute atomic E-state index is 6.25. The highest BCUT2D eigenvalue weighted by atomic mass is 14.5. The molecule has 0 unspecified atom stereocenters. The van der Waals surface area contributed by atoms with Crippen LogP contribution < -0.4 is 0 Å².